The molecule has 0 radical (unpaired) electrons. The minimum Gasteiger partial charge on any atom is -0.348 e. The number of carbonyl (C=O) groups excluding carboxylic acids is 1. The van der Waals surface area contributed by atoms with Gasteiger partial charge in [-0.05, 0) is 24.6 Å². The van der Waals surface area contributed by atoms with Gasteiger partial charge >= 0.3 is 0 Å². The van der Waals surface area contributed by atoms with Crippen LogP contribution in [0.25, 0.3) is 0 Å². The molecular formula is C21H22N4O3S. The van der Waals surface area contributed by atoms with E-state index in [-0.39, 0.29) is 23.8 Å². The number of hydrogen-bond acceptors (Lipinski definition) is 5. The molecule has 8 heteroatoms. The van der Waals surface area contributed by atoms with E-state index in [1.54, 1.807) is 25.1 Å². The minimum atomic E-state index is -3.61. The molecule has 0 spiro atoms. The Morgan fingerprint density at radius 3 is 2.34 bits per heavy atom. The highest BCUT2D eigenvalue weighted by molar-refractivity contribution is 7.89. The van der Waals surface area contributed by atoms with Crippen molar-refractivity contribution in [1.82, 2.24) is 20.0 Å². The van der Waals surface area contributed by atoms with E-state index < -0.39 is 10.0 Å². The van der Waals surface area contributed by atoms with Crippen LogP contribution in [0.2, 0.25) is 0 Å². The van der Waals surface area contributed by atoms with Gasteiger partial charge in [-0.3, -0.25) is 4.79 Å². The van der Waals surface area contributed by atoms with Crippen LogP contribution in [-0.4, -0.2) is 30.8 Å². The van der Waals surface area contributed by atoms with E-state index in [0.29, 0.717) is 23.6 Å². The number of aromatic nitrogens is 2. The van der Waals surface area contributed by atoms with Gasteiger partial charge in [0, 0.05) is 25.7 Å². The Morgan fingerprint density at radius 1 is 1.00 bits per heavy atom. The van der Waals surface area contributed by atoms with Gasteiger partial charge in [0.1, 0.15) is 5.82 Å². The van der Waals surface area contributed by atoms with Crippen molar-refractivity contribution in [2.24, 2.45) is 0 Å². The van der Waals surface area contributed by atoms with Crippen molar-refractivity contribution in [1.29, 1.82) is 0 Å². The Balaban J connectivity index is 1.66. The fourth-order valence-corrected chi connectivity index (χ4v) is 3.81. The van der Waals surface area contributed by atoms with E-state index in [2.05, 4.69) is 20.0 Å². The molecule has 0 aliphatic rings. The number of amides is 1. The summed E-state index contributed by atoms with van der Waals surface area (Å²) in [5.74, 6) is 0.222. The zero-order valence-electron chi connectivity index (χ0n) is 16.0. The standard InChI is InChI=1S/C21H22N4O3S/c1-16-22-15-19(21(26)23-14-17-8-4-2-5-9-17)20(25-16)12-13-24-29(27,28)18-10-6-3-7-11-18/h2-11,15,24H,12-14H2,1H3,(H,23,26). The largest absolute Gasteiger partial charge is 0.348 e. The van der Waals surface area contributed by atoms with E-state index in [1.165, 1.54) is 18.3 Å². The molecule has 0 aliphatic heterocycles. The van der Waals surface area contributed by atoms with Gasteiger partial charge in [-0.25, -0.2) is 23.1 Å². The smallest absolute Gasteiger partial charge is 0.254 e. The van der Waals surface area contributed by atoms with Crippen molar-refractivity contribution in [2.75, 3.05) is 6.54 Å². The Morgan fingerprint density at radius 2 is 1.66 bits per heavy atom. The third-order valence-electron chi connectivity index (χ3n) is 4.24. The quantitative estimate of drug-likeness (QED) is 0.593. The summed E-state index contributed by atoms with van der Waals surface area (Å²) >= 11 is 0. The molecule has 0 fully saturated rings. The van der Waals surface area contributed by atoms with Crippen molar-refractivity contribution < 1.29 is 13.2 Å². The molecule has 1 aromatic heterocycles. The van der Waals surface area contributed by atoms with Gasteiger partial charge < -0.3 is 5.32 Å². The lowest BCUT2D eigenvalue weighted by Gasteiger charge is -2.11. The topological polar surface area (TPSA) is 101 Å². The summed E-state index contributed by atoms with van der Waals surface area (Å²) in [6.07, 6.45) is 1.74. The van der Waals surface area contributed by atoms with E-state index >= 15 is 0 Å². The summed E-state index contributed by atoms with van der Waals surface area (Å²) in [5.41, 5.74) is 1.82. The molecule has 0 aliphatic carbocycles. The number of rotatable bonds is 8. The monoisotopic (exact) mass is 410 g/mol. The van der Waals surface area contributed by atoms with Crippen molar-refractivity contribution in [3.63, 3.8) is 0 Å². The van der Waals surface area contributed by atoms with Crippen LogP contribution in [0.5, 0.6) is 0 Å². The summed E-state index contributed by atoms with van der Waals surface area (Å²) in [7, 11) is -3.61. The van der Waals surface area contributed by atoms with Crippen molar-refractivity contribution in [3.05, 3.63) is 89.5 Å². The number of nitrogens with zero attached hydrogens (tertiary/aromatic N) is 2. The minimum absolute atomic E-state index is 0.118. The average Bonchev–Trinajstić information content (AvgIpc) is 2.73. The summed E-state index contributed by atoms with van der Waals surface area (Å²) in [5, 5.41) is 2.85. The number of carbonyl (C=O) groups is 1. The van der Waals surface area contributed by atoms with Gasteiger partial charge in [0.2, 0.25) is 10.0 Å². The Labute approximate surface area is 170 Å². The van der Waals surface area contributed by atoms with Crippen molar-refractivity contribution in [3.8, 4) is 0 Å². The van der Waals surface area contributed by atoms with Crippen LogP contribution in [0.4, 0.5) is 0 Å². The van der Waals surface area contributed by atoms with E-state index in [9.17, 15) is 13.2 Å². The van der Waals surface area contributed by atoms with E-state index in [4.69, 9.17) is 0 Å². The Kier molecular flexibility index (Phi) is 6.69. The van der Waals surface area contributed by atoms with Crippen LogP contribution in [0, 0.1) is 6.92 Å². The molecule has 150 valence electrons. The molecule has 1 heterocycles. The van der Waals surface area contributed by atoms with E-state index in [0.717, 1.165) is 5.56 Å². The van der Waals surface area contributed by atoms with Crippen LogP contribution in [0.1, 0.15) is 27.4 Å². The van der Waals surface area contributed by atoms with Gasteiger partial charge in [-0.1, -0.05) is 48.5 Å². The van der Waals surface area contributed by atoms with Gasteiger partial charge in [0.05, 0.1) is 16.2 Å². The Bertz CT molecular complexity index is 1070. The number of aryl methyl sites for hydroxylation is 1. The molecule has 2 N–H and O–H groups in total. The molecule has 3 aromatic rings. The third-order valence-corrected chi connectivity index (χ3v) is 5.71. The lowest BCUT2D eigenvalue weighted by Crippen LogP contribution is -2.28. The lowest BCUT2D eigenvalue weighted by molar-refractivity contribution is 0.0949. The molecule has 0 unspecified atom stereocenters. The molecule has 0 saturated carbocycles. The Hall–Kier alpha value is -3.10. The van der Waals surface area contributed by atoms with Gasteiger partial charge in [-0.2, -0.15) is 0 Å². The first kappa shape index (κ1) is 20.6. The zero-order valence-corrected chi connectivity index (χ0v) is 16.8. The molecule has 0 saturated heterocycles. The summed E-state index contributed by atoms with van der Waals surface area (Å²) in [6, 6.07) is 17.7. The first-order valence-corrected chi connectivity index (χ1v) is 10.6. The van der Waals surface area contributed by atoms with Crippen LogP contribution in [0.3, 0.4) is 0 Å². The molecule has 1 amide bonds. The molecule has 0 atom stereocenters. The van der Waals surface area contributed by atoms with Gasteiger partial charge in [-0.15, -0.1) is 0 Å². The predicted octanol–water partition coefficient (Wildman–Crippen LogP) is 2.24. The van der Waals surface area contributed by atoms with Crippen LogP contribution in [-0.2, 0) is 23.0 Å². The highest BCUT2D eigenvalue weighted by atomic mass is 32.2. The molecule has 3 rings (SSSR count). The fraction of sp³-hybridized carbons (Fsp3) is 0.190. The van der Waals surface area contributed by atoms with Crippen LogP contribution < -0.4 is 10.0 Å². The fourth-order valence-electron chi connectivity index (χ4n) is 2.76. The molecule has 7 nitrogen and oxygen atoms in total. The maximum atomic E-state index is 12.6. The second-order valence-corrected chi connectivity index (χ2v) is 8.17. The normalized spacial score (nSPS) is 11.2. The molecule has 0 bridgehead atoms. The lowest BCUT2D eigenvalue weighted by atomic mass is 10.1. The maximum absolute atomic E-state index is 12.6. The first-order valence-electron chi connectivity index (χ1n) is 9.15. The predicted molar refractivity (Wildman–Crippen MR) is 110 cm³/mol. The summed E-state index contributed by atoms with van der Waals surface area (Å²) < 4.78 is 27.2. The SMILES string of the molecule is Cc1ncc(C(=O)NCc2ccccc2)c(CCNS(=O)(=O)c2ccccc2)n1. The number of benzene rings is 2. The van der Waals surface area contributed by atoms with Crippen LogP contribution in [0.15, 0.2) is 71.8 Å². The second-order valence-electron chi connectivity index (χ2n) is 6.41. The van der Waals surface area contributed by atoms with Gasteiger partial charge in [0.15, 0.2) is 0 Å². The highest BCUT2D eigenvalue weighted by Crippen LogP contribution is 2.10. The molecule has 2 aromatic carbocycles. The summed E-state index contributed by atoms with van der Waals surface area (Å²) in [4.78, 5) is 21.2. The molecular weight excluding hydrogens is 388 g/mol. The second kappa shape index (κ2) is 9.40. The van der Waals surface area contributed by atoms with Crippen molar-refractivity contribution >= 4 is 15.9 Å². The van der Waals surface area contributed by atoms with Crippen LogP contribution >= 0.6 is 0 Å². The van der Waals surface area contributed by atoms with E-state index in [1.807, 2.05) is 30.3 Å². The van der Waals surface area contributed by atoms with Gasteiger partial charge in [0.25, 0.3) is 5.91 Å². The number of hydrogen-bond donors (Lipinski definition) is 2. The zero-order chi connectivity index (χ0) is 20.7. The number of nitrogens with one attached hydrogen (secondary N) is 2. The average molecular weight is 410 g/mol. The first-order chi connectivity index (χ1) is 14.0. The molecule has 29 heavy (non-hydrogen) atoms. The highest BCUT2D eigenvalue weighted by Gasteiger charge is 2.16. The van der Waals surface area contributed by atoms with Crippen molar-refractivity contribution in [2.45, 2.75) is 24.8 Å². The third kappa shape index (κ3) is 5.69. The number of sulfonamides is 1. The maximum Gasteiger partial charge on any atom is 0.254 e. The summed E-state index contributed by atoms with van der Waals surface area (Å²) in [6.45, 7) is 2.23.